The third-order valence-electron chi connectivity index (χ3n) is 2.96. The number of unbranched alkanes of at least 4 members (excludes halogenated alkanes) is 1. The molecule has 0 aliphatic heterocycles. The van der Waals surface area contributed by atoms with E-state index in [1.165, 1.54) is 5.57 Å². The molecule has 0 amide bonds. The van der Waals surface area contributed by atoms with Crippen molar-refractivity contribution in [1.29, 1.82) is 5.41 Å². The number of benzene rings is 1. The van der Waals surface area contributed by atoms with Crippen molar-refractivity contribution < 1.29 is 9.90 Å². The van der Waals surface area contributed by atoms with E-state index in [0.717, 1.165) is 25.9 Å². The Bertz CT molecular complexity index is 497. The number of allylic oxidation sites excluding steroid dienone is 1. The number of guanidine groups is 1. The molecule has 0 fully saturated rings. The maximum atomic E-state index is 10.2. The smallest absolute Gasteiger partial charge is 0.335 e. The average molecular weight is 320 g/mol. The van der Waals surface area contributed by atoms with Crippen LogP contribution < -0.4 is 11.5 Å². The van der Waals surface area contributed by atoms with E-state index in [9.17, 15) is 4.79 Å². The van der Waals surface area contributed by atoms with Crippen LogP contribution in [0.5, 0.6) is 0 Å². The van der Waals surface area contributed by atoms with Gasteiger partial charge in [0.05, 0.1) is 5.56 Å². The van der Waals surface area contributed by atoms with Crippen LogP contribution in [-0.2, 0) is 0 Å². The number of aromatic carboxylic acids is 1. The second-order valence-electron chi connectivity index (χ2n) is 5.28. The van der Waals surface area contributed by atoms with Crippen molar-refractivity contribution in [2.24, 2.45) is 11.5 Å². The zero-order valence-electron chi connectivity index (χ0n) is 14.0. The van der Waals surface area contributed by atoms with Crippen molar-refractivity contribution in [3.05, 3.63) is 47.5 Å². The highest BCUT2D eigenvalue weighted by Gasteiger charge is 2.03. The molecule has 6 heteroatoms. The second kappa shape index (κ2) is 12.2. The molecule has 0 saturated heterocycles. The van der Waals surface area contributed by atoms with Crippen molar-refractivity contribution in [3.63, 3.8) is 0 Å². The molecule has 0 unspecified atom stereocenters. The molecule has 23 heavy (non-hydrogen) atoms. The van der Waals surface area contributed by atoms with E-state index in [1.54, 1.807) is 30.3 Å². The summed E-state index contributed by atoms with van der Waals surface area (Å²) in [7, 11) is 0. The lowest BCUT2D eigenvalue weighted by atomic mass is 10.2. The molecule has 0 atom stereocenters. The van der Waals surface area contributed by atoms with Crippen LogP contribution in [0.15, 0.2) is 42.0 Å². The van der Waals surface area contributed by atoms with Crippen LogP contribution in [0.1, 0.15) is 37.0 Å². The maximum absolute atomic E-state index is 10.2. The quantitative estimate of drug-likeness (QED) is 0.266. The third-order valence-corrected chi connectivity index (χ3v) is 2.96. The van der Waals surface area contributed by atoms with Gasteiger partial charge in [0.25, 0.3) is 0 Å². The molecule has 6 N–H and O–H groups in total. The summed E-state index contributed by atoms with van der Waals surface area (Å²) in [6, 6.07) is 8.30. The molecule has 0 radical (unpaired) electrons. The van der Waals surface area contributed by atoms with Gasteiger partial charge in [-0.3, -0.25) is 5.41 Å². The van der Waals surface area contributed by atoms with E-state index in [-0.39, 0.29) is 5.96 Å². The molecule has 1 aromatic carbocycles. The average Bonchev–Trinajstić information content (AvgIpc) is 2.51. The fraction of sp³-hybridized carbons (Fsp3) is 0.412. The van der Waals surface area contributed by atoms with Crippen LogP contribution in [0.25, 0.3) is 0 Å². The lowest BCUT2D eigenvalue weighted by molar-refractivity contribution is 0.0697. The van der Waals surface area contributed by atoms with E-state index in [4.69, 9.17) is 22.0 Å². The Kier molecular flexibility index (Phi) is 11.0. The predicted octanol–water partition coefficient (Wildman–Crippen LogP) is 2.27. The Hall–Kier alpha value is -2.34. The minimum atomic E-state index is -0.879. The third kappa shape index (κ3) is 11.0. The summed E-state index contributed by atoms with van der Waals surface area (Å²) in [5.74, 6) is -0.741. The number of hydrogen-bond donors (Lipinski definition) is 4. The van der Waals surface area contributed by atoms with Gasteiger partial charge in [-0.2, -0.15) is 0 Å². The molecule has 0 aliphatic rings. The minimum absolute atomic E-state index is 0.138. The lowest BCUT2D eigenvalue weighted by Gasteiger charge is -2.20. The standard InChI is InChI=1S/C10H22N4.C7H6O2/c1-9(2)5-8-14(10(12)13)7-4-3-6-11;8-7(9)6-4-2-1-3-5-6/h5H,3-4,6-8,11H2,1-2H3,(H3,12,13);1-5H,(H,8,9). The second-order valence-corrected chi connectivity index (χ2v) is 5.28. The van der Waals surface area contributed by atoms with Gasteiger partial charge in [0.15, 0.2) is 5.96 Å². The Morgan fingerprint density at radius 1 is 1.26 bits per heavy atom. The number of nitrogens with one attached hydrogen (secondary N) is 1. The van der Waals surface area contributed by atoms with E-state index in [0.29, 0.717) is 12.1 Å². The normalized spacial score (nSPS) is 9.35. The fourth-order valence-electron chi connectivity index (χ4n) is 1.63. The molecule has 0 saturated carbocycles. The van der Waals surface area contributed by atoms with Gasteiger partial charge in [-0.25, -0.2) is 4.79 Å². The topological polar surface area (TPSA) is 116 Å². The van der Waals surface area contributed by atoms with Crippen LogP contribution in [0.3, 0.4) is 0 Å². The van der Waals surface area contributed by atoms with Crippen molar-refractivity contribution in [2.75, 3.05) is 19.6 Å². The number of rotatable bonds is 7. The number of nitrogens with zero attached hydrogens (tertiary/aromatic N) is 1. The highest BCUT2D eigenvalue weighted by molar-refractivity contribution is 5.87. The summed E-state index contributed by atoms with van der Waals surface area (Å²) in [4.78, 5) is 12.1. The van der Waals surface area contributed by atoms with Gasteiger partial charge in [0, 0.05) is 13.1 Å². The van der Waals surface area contributed by atoms with Gasteiger partial charge >= 0.3 is 5.97 Å². The van der Waals surface area contributed by atoms with Crippen LogP contribution in [0.4, 0.5) is 0 Å². The molecule has 0 spiro atoms. The first-order valence-corrected chi connectivity index (χ1v) is 7.59. The van der Waals surface area contributed by atoms with Crippen LogP contribution in [0, 0.1) is 5.41 Å². The number of carboxylic acid groups (broad SMARTS) is 1. The zero-order valence-corrected chi connectivity index (χ0v) is 14.0. The first-order chi connectivity index (χ1) is 10.9. The highest BCUT2D eigenvalue weighted by Crippen LogP contribution is 1.97. The summed E-state index contributed by atoms with van der Waals surface area (Å²) in [5, 5.41) is 15.8. The monoisotopic (exact) mass is 320 g/mol. The number of carbonyl (C=O) groups is 1. The van der Waals surface area contributed by atoms with E-state index >= 15 is 0 Å². The first-order valence-electron chi connectivity index (χ1n) is 7.59. The van der Waals surface area contributed by atoms with E-state index in [2.05, 4.69) is 6.08 Å². The Morgan fingerprint density at radius 2 is 1.87 bits per heavy atom. The fourth-order valence-corrected chi connectivity index (χ4v) is 1.63. The van der Waals surface area contributed by atoms with Crippen LogP contribution in [-0.4, -0.2) is 41.6 Å². The van der Waals surface area contributed by atoms with Gasteiger partial charge < -0.3 is 21.5 Å². The summed E-state index contributed by atoms with van der Waals surface area (Å²) < 4.78 is 0. The molecule has 0 bridgehead atoms. The molecule has 0 aromatic heterocycles. The number of hydrogen-bond acceptors (Lipinski definition) is 3. The maximum Gasteiger partial charge on any atom is 0.335 e. The van der Waals surface area contributed by atoms with Gasteiger partial charge in [-0.15, -0.1) is 0 Å². The minimum Gasteiger partial charge on any atom is -0.478 e. The molecule has 1 rings (SSSR count). The van der Waals surface area contributed by atoms with Gasteiger partial charge in [-0.1, -0.05) is 29.8 Å². The summed E-state index contributed by atoms with van der Waals surface area (Å²) >= 11 is 0. The Balaban J connectivity index is 0.000000459. The van der Waals surface area contributed by atoms with Gasteiger partial charge in [0.1, 0.15) is 0 Å². The molecule has 0 heterocycles. The molecule has 128 valence electrons. The molecular weight excluding hydrogens is 292 g/mol. The Labute approximate surface area is 138 Å². The molecule has 0 aliphatic carbocycles. The summed E-state index contributed by atoms with van der Waals surface area (Å²) in [5.41, 5.74) is 12.4. The zero-order chi connectivity index (χ0) is 17.7. The number of carboxylic acids is 1. The van der Waals surface area contributed by atoms with Crippen molar-refractivity contribution in [2.45, 2.75) is 26.7 Å². The predicted molar refractivity (Wildman–Crippen MR) is 94.6 cm³/mol. The highest BCUT2D eigenvalue weighted by atomic mass is 16.4. The van der Waals surface area contributed by atoms with Crippen molar-refractivity contribution in [1.82, 2.24) is 4.90 Å². The molecule has 6 nitrogen and oxygen atoms in total. The SMILES string of the molecule is CC(C)=CCN(CCCCN)C(=N)N.O=C(O)c1ccccc1. The van der Waals surface area contributed by atoms with E-state index < -0.39 is 5.97 Å². The Morgan fingerprint density at radius 3 is 2.26 bits per heavy atom. The largest absolute Gasteiger partial charge is 0.478 e. The summed E-state index contributed by atoms with van der Waals surface area (Å²) in [6.07, 6.45) is 4.05. The summed E-state index contributed by atoms with van der Waals surface area (Å²) in [6.45, 7) is 6.32. The molecular formula is C17H28N4O2. The number of nitrogens with two attached hydrogens (primary N) is 2. The molecule has 1 aromatic rings. The first kappa shape index (κ1) is 20.7. The van der Waals surface area contributed by atoms with Gasteiger partial charge in [0.2, 0.25) is 0 Å². The van der Waals surface area contributed by atoms with Crippen molar-refractivity contribution in [3.8, 4) is 0 Å². The lowest BCUT2D eigenvalue weighted by Crippen LogP contribution is -2.37. The van der Waals surface area contributed by atoms with Crippen LogP contribution in [0.2, 0.25) is 0 Å². The van der Waals surface area contributed by atoms with Crippen molar-refractivity contribution >= 4 is 11.9 Å². The van der Waals surface area contributed by atoms with Gasteiger partial charge in [-0.05, 0) is 45.4 Å². The van der Waals surface area contributed by atoms with Crippen LogP contribution >= 0.6 is 0 Å². The van der Waals surface area contributed by atoms with E-state index in [1.807, 2.05) is 18.7 Å².